The number of rotatable bonds is 7. The van der Waals surface area contributed by atoms with Gasteiger partial charge < -0.3 is 16.0 Å². The van der Waals surface area contributed by atoms with Gasteiger partial charge in [0.1, 0.15) is 11.6 Å². The van der Waals surface area contributed by atoms with Crippen molar-refractivity contribution in [3.05, 3.63) is 59.7 Å². The molecule has 0 saturated carbocycles. The van der Waals surface area contributed by atoms with Crippen LogP contribution in [0.5, 0.6) is 0 Å². The summed E-state index contributed by atoms with van der Waals surface area (Å²) in [5.74, 6) is -3.06. The largest absolute Gasteiger partial charge is 0.393 e. The van der Waals surface area contributed by atoms with Crippen molar-refractivity contribution in [2.75, 3.05) is 6.54 Å². The number of hydrogen-bond donors (Lipinski definition) is 2. The SMILES string of the molecule is Cn1nnc2cc(CNC(=O)[C@@H]3CC(C(F)(F)F)CN3C(=O)[C@H](N)CCc3ccccc3)ccc21. The number of aromatic nitrogens is 3. The summed E-state index contributed by atoms with van der Waals surface area (Å²) in [6.45, 7) is -0.494. The Bertz CT molecular complexity index is 1200. The number of hydrogen-bond acceptors (Lipinski definition) is 5. The van der Waals surface area contributed by atoms with Gasteiger partial charge >= 0.3 is 6.18 Å². The molecule has 1 unspecified atom stereocenters. The van der Waals surface area contributed by atoms with E-state index in [9.17, 15) is 22.8 Å². The Balaban J connectivity index is 1.43. The van der Waals surface area contributed by atoms with E-state index in [1.54, 1.807) is 29.9 Å². The number of aryl methyl sites for hydroxylation is 2. The Morgan fingerprint density at radius 2 is 1.91 bits per heavy atom. The second kappa shape index (κ2) is 10.0. The van der Waals surface area contributed by atoms with Crippen LogP contribution in [-0.4, -0.2) is 56.5 Å². The monoisotopic (exact) mass is 488 g/mol. The molecular formula is C24H27F3N6O2. The lowest BCUT2D eigenvalue weighted by Gasteiger charge is -2.27. The maximum Gasteiger partial charge on any atom is 0.393 e. The van der Waals surface area contributed by atoms with Crippen molar-refractivity contribution in [1.29, 1.82) is 0 Å². The van der Waals surface area contributed by atoms with Crippen molar-refractivity contribution in [2.45, 2.75) is 44.1 Å². The minimum absolute atomic E-state index is 0.0840. The number of carbonyl (C=O) groups is 2. The summed E-state index contributed by atoms with van der Waals surface area (Å²) in [7, 11) is 1.75. The summed E-state index contributed by atoms with van der Waals surface area (Å²) in [6.07, 6.45) is -4.23. The fourth-order valence-corrected chi connectivity index (χ4v) is 4.37. The third kappa shape index (κ3) is 5.61. The van der Waals surface area contributed by atoms with Crippen molar-refractivity contribution in [3.8, 4) is 0 Å². The lowest BCUT2D eigenvalue weighted by Crippen LogP contribution is -2.51. The van der Waals surface area contributed by atoms with E-state index in [0.29, 0.717) is 17.5 Å². The van der Waals surface area contributed by atoms with E-state index in [0.717, 1.165) is 16.0 Å². The predicted octanol–water partition coefficient (Wildman–Crippen LogP) is 2.32. The van der Waals surface area contributed by atoms with E-state index in [4.69, 9.17) is 5.73 Å². The van der Waals surface area contributed by atoms with Crippen LogP contribution < -0.4 is 11.1 Å². The van der Waals surface area contributed by atoms with Gasteiger partial charge in [0.2, 0.25) is 11.8 Å². The number of benzene rings is 2. The molecule has 1 aliphatic rings. The number of fused-ring (bicyclic) bond motifs is 1. The maximum absolute atomic E-state index is 13.5. The fourth-order valence-electron chi connectivity index (χ4n) is 4.37. The van der Waals surface area contributed by atoms with E-state index >= 15 is 0 Å². The van der Waals surface area contributed by atoms with Crippen LogP contribution in [0.2, 0.25) is 0 Å². The first-order valence-electron chi connectivity index (χ1n) is 11.4. The predicted molar refractivity (Wildman–Crippen MR) is 123 cm³/mol. The van der Waals surface area contributed by atoms with Gasteiger partial charge in [0.05, 0.1) is 17.5 Å². The molecule has 3 N–H and O–H groups in total. The summed E-state index contributed by atoms with van der Waals surface area (Å²) in [6, 6.07) is 12.5. The van der Waals surface area contributed by atoms with Crippen molar-refractivity contribution >= 4 is 22.8 Å². The number of amides is 2. The average Bonchev–Trinajstić information content (AvgIpc) is 3.45. The van der Waals surface area contributed by atoms with Crippen LogP contribution in [0.1, 0.15) is 24.0 Å². The van der Waals surface area contributed by atoms with Gasteiger partial charge in [-0.3, -0.25) is 9.59 Å². The molecule has 1 aliphatic heterocycles. The van der Waals surface area contributed by atoms with E-state index in [1.165, 1.54) is 0 Å². The fraction of sp³-hybridized carbons (Fsp3) is 0.417. The molecule has 2 heterocycles. The van der Waals surface area contributed by atoms with Crippen LogP contribution in [0, 0.1) is 5.92 Å². The Hall–Kier alpha value is -3.47. The molecule has 0 radical (unpaired) electrons. The molecule has 1 aromatic heterocycles. The molecule has 1 saturated heterocycles. The number of nitrogens with zero attached hydrogens (tertiary/aromatic N) is 4. The van der Waals surface area contributed by atoms with Gasteiger partial charge in [-0.2, -0.15) is 13.2 Å². The summed E-state index contributed by atoms with van der Waals surface area (Å²) < 4.78 is 42.1. The minimum Gasteiger partial charge on any atom is -0.350 e. The number of nitrogens with one attached hydrogen (secondary N) is 1. The molecule has 4 rings (SSSR count). The summed E-state index contributed by atoms with van der Waals surface area (Å²) in [5, 5.41) is 10.6. The lowest BCUT2D eigenvalue weighted by atomic mass is 10.0. The normalized spacial score (nSPS) is 19.2. The molecule has 3 aromatic rings. The van der Waals surface area contributed by atoms with Crippen LogP contribution in [0.15, 0.2) is 48.5 Å². The average molecular weight is 489 g/mol. The van der Waals surface area contributed by atoms with Gasteiger partial charge in [0.25, 0.3) is 0 Å². The molecule has 11 heteroatoms. The number of alkyl halides is 3. The van der Waals surface area contributed by atoms with Gasteiger partial charge in [-0.05, 0) is 42.5 Å². The molecule has 186 valence electrons. The van der Waals surface area contributed by atoms with Gasteiger partial charge in [0, 0.05) is 20.1 Å². The zero-order valence-corrected chi connectivity index (χ0v) is 19.2. The first-order chi connectivity index (χ1) is 16.6. The van der Waals surface area contributed by atoms with E-state index in [1.807, 2.05) is 30.3 Å². The van der Waals surface area contributed by atoms with Crippen molar-refractivity contribution < 1.29 is 22.8 Å². The number of nitrogens with two attached hydrogens (primary N) is 1. The molecule has 2 amide bonds. The summed E-state index contributed by atoms with van der Waals surface area (Å²) in [4.78, 5) is 26.9. The lowest BCUT2D eigenvalue weighted by molar-refractivity contribution is -0.171. The van der Waals surface area contributed by atoms with Crippen molar-refractivity contribution in [1.82, 2.24) is 25.2 Å². The van der Waals surface area contributed by atoms with Crippen molar-refractivity contribution in [3.63, 3.8) is 0 Å². The smallest absolute Gasteiger partial charge is 0.350 e. The van der Waals surface area contributed by atoms with Crippen molar-refractivity contribution in [2.24, 2.45) is 18.7 Å². The Morgan fingerprint density at radius 3 is 2.63 bits per heavy atom. The quantitative estimate of drug-likeness (QED) is 0.531. The second-order valence-electron chi connectivity index (χ2n) is 8.87. The third-order valence-corrected chi connectivity index (χ3v) is 6.40. The van der Waals surface area contributed by atoms with Gasteiger partial charge in [-0.15, -0.1) is 5.10 Å². The number of carbonyl (C=O) groups excluding carboxylic acids is 2. The molecule has 0 bridgehead atoms. The zero-order chi connectivity index (χ0) is 25.2. The highest BCUT2D eigenvalue weighted by Crippen LogP contribution is 2.37. The molecule has 8 nitrogen and oxygen atoms in total. The number of halogens is 3. The van der Waals surface area contributed by atoms with Crippen LogP contribution >= 0.6 is 0 Å². The zero-order valence-electron chi connectivity index (χ0n) is 19.2. The van der Waals surface area contributed by atoms with Crippen LogP contribution in [0.4, 0.5) is 13.2 Å². The van der Waals surface area contributed by atoms with Gasteiger partial charge in [0.15, 0.2) is 0 Å². The minimum atomic E-state index is -4.52. The molecule has 0 aliphatic carbocycles. The standard InChI is InChI=1S/C24H27F3N6O2/c1-32-20-10-8-16(11-19(20)30-31-32)13-29-22(34)21-12-17(24(25,26)27)14-33(21)23(35)18(28)9-7-15-5-3-2-4-6-15/h2-6,8,10-11,17-18,21H,7,9,12-14,28H2,1H3,(H,29,34)/t17?,18-,21+/m1/s1. The first kappa shape index (κ1) is 24.6. The Morgan fingerprint density at radius 1 is 1.17 bits per heavy atom. The first-order valence-corrected chi connectivity index (χ1v) is 11.4. The van der Waals surface area contributed by atoms with Crippen LogP contribution in [-0.2, 0) is 29.6 Å². The highest BCUT2D eigenvalue weighted by atomic mass is 19.4. The molecule has 0 spiro atoms. The van der Waals surface area contributed by atoms with E-state index in [2.05, 4.69) is 15.6 Å². The maximum atomic E-state index is 13.5. The van der Waals surface area contributed by atoms with Crippen LogP contribution in [0.3, 0.4) is 0 Å². The van der Waals surface area contributed by atoms with Gasteiger partial charge in [-0.25, -0.2) is 4.68 Å². The highest BCUT2D eigenvalue weighted by Gasteiger charge is 2.51. The third-order valence-electron chi connectivity index (χ3n) is 6.40. The molecule has 3 atom stereocenters. The summed E-state index contributed by atoms with van der Waals surface area (Å²) >= 11 is 0. The number of likely N-dealkylation sites (tertiary alicyclic amines) is 1. The van der Waals surface area contributed by atoms with E-state index in [-0.39, 0.29) is 13.0 Å². The Labute approximate surface area is 200 Å². The second-order valence-corrected chi connectivity index (χ2v) is 8.87. The molecule has 1 fully saturated rings. The molecule has 2 aromatic carbocycles. The molecular weight excluding hydrogens is 461 g/mol. The van der Waals surface area contributed by atoms with Gasteiger partial charge in [-0.1, -0.05) is 41.6 Å². The summed E-state index contributed by atoms with van der Waals surface area (Å²) in [5.41, 5.74) is 9.20. The van der Waals surface area contributed by atoms with Crippen LogP contribution in [0.25, 0.3) is 11.0 Å². The topological polar surface area (TPSA) is 106 Å². The highest BCUT2D eigenvalue weighted by molar-refractivity contribution is 5.90. The van der Waals surface area contributed by atoms with E-state index < -0.39 is 49.0 Å². The Kier molecular flexibility index (Phi) is 7.06. The molecule has 35 heavy (non-hydrogen) atoms.